The van der Waals surface area contributed by atoms with Crippen LogP contribution < -0.4 is 11.2 Å². The summed E-state index contributed by atoms with van der Waals surface area (Å²) in [5, 5.41) is 3.93. The van der Waals surface area contributed by atoms with Crippen molar-refractivity contribution in [2.75, 3.05) is 0 Å². The van der Waals surface area contributed by atoms with Gasteiger partial charge in [0.2, 0.25) is 0 Å². The third-order valence-corrected chi connectivity index (χ3v) is 1.19. The molecular formula is C7H9ClN4S. The number of hydrazone groups is 1. The Hall–Kier alpha value is -1.20. The number of thiocarbonyl (C=S) groups is 1. The summed E-state index contributed by atoms with van der Waals surface area (Å²) in [7, 11) is 0. The molecular weight excluding hydrogens is 208 g/mol. The molecule has 0 aromatic carbocycles. The number of halogens is 1. The van der Waals surface area contributed by atoms with E-state index in [1.54, 1.807) is 18.6 Å². The summed E-state index contributed by atoms with van der Waals surface area (Å²) < 4.78 is 0. The molecule has 0 fully saturated rings. The molecule has 0 aliphatic carbocycles. The maximum atomic E-state index is 5.15. The van der Waals surface area contributed by atoms with Gasteiger partial charge in [0.1, 0.15) is 0 Å². The van der Waals surface area contributed by atoms with Crippen LogP contribution in [0.1, 0.15) is 5.56 Å². The average Bonchev–Trinajstić information content (AvgIpc) is 2.05. The van der Waals surface area contributed by atoms with Gasteiger partial charge in [-0.2, -0.15) is 5.10 Å². The van der Waals surface area contributed by atoms with Crippen molar-refractivity contribution in [3.63, 3.8) is 0 Å². The lowest BCUT2D eigenvalue weighted by Gasteiger charge is -1.93. The van der Waals surface area contributed by atoms with E-state index in [1.807, 2.05) is 12.1 Å². The lowest BCUT2D eigenvalue weighted by Crippen LogP contribution is -2.23. The van der Waals surface area contributed by atoms with Gasteiger partial charge in [0, 0.05) is 12.4 Å². The fourth-order valence-corrected chi connectivity index (χ4v) is 0.673. The standard InChI is InChI=1S/C7H8N4S.ClH/c8-7(12)11-10-5-6-1-3-9-4-2-6;/h1-5H,(H3,8,11,12);1H/b10-5-;. The lowest BCUT2D eigenvalue weighted by atomic mass is 10.3. The van der Waals surface area contributed by atoms with Crippen LogP contribution in [0.2, 0.25) is 0 Å². The minimum absolute atomic E-state index is 0. The zero-order valence-corrected chi connectivity index (χ0v) is 8.31. The Kier molecular flexibility index (Phi) is 5.75. The van der Waals surface area contributed by atoms with Crippen molar-refractivity contribution in [1.82, 2.24) is 10.4 Å². The van der Waals surface area contributed by atoms with Gasteiger partial charge >= 0.3 is 0 Å². The van der Waals surface area contributed by atoms with Crippen molar-refractivity contribution in [3.8, 4) is 0 Å². The molecule has 6 heteroatoms. The predicted molar refractivity (Wildman–Crippen MR) is 59.0 cm³/mol. The quantitative estimate of drug-likeness (QED) is 0.433. The molecule has 3 N–H and O–H groups in total. The van der Waals surface area contributed by atoms with E-state index in [4.69, 9.17) is 5.73 Å². The van der Waals surface area contributed by atoms with E-state index >= 15 is 0 Å². The highest BCUT2D eigenvalue weighted by Gasteiger charge is 1.83. The van der Waals surface area contributed by atoms with Gasteiger partial charge in [-0.3, -0.25) is 10.4 Å². The molecule has 1 aromatic rings. The maximum Gasteiger partial charge on any atom is 0.184 e. The van der Waals surface area contributed by atoms with Gasteiger partial charge in [0.05, 0.1) is 6.21 Å². The number of nitrogens with zero attached hydrogens (tertiary/aromatic N) is 2. The van der Waals surface area contributed by atoms with Crippen LogP contribution in [0.15, 0.2) is 29.6 Å². The van der Waals surface area contributed by atoms with E-state index in [2.05, 4.69) is 27.7 Å². The third-order valence-electron chi connectivity index (χ3n) is 1.09. The SMILES string of the molecule is Cl.NC(=S)N/N=C\c1ccncc1. The molecule has 0 atom stereocenters. The van der Waals surface area contributed by atoms with Gasteiger partial charge in [-0.05, 0) is 29.9 Å². The lowest BCUT2D eigenvalue weighted by molar-refractivity contribution is 1.04. The Morgan fingerprint density at radius 3 is 2.69 bits per heavy atom. The van der Waals surface area contributed by atoms with Crippen LogP contribution in [0, 0.1) is 0 Å². The smallest absolute Gasteiger partial charge is 0.184 e. The molecule has 0 aliphatic heterocycles. The Morgan fingerprint density at radius 1 is 1.54 bits per heavy atom. The van der Waals surface area contributed by atoms with Gasteiger partial charge in [0.25, 0.3) is 0 Å². The molecule has 0 radical (unpaired) electrons. The highest BCUT2D eigenvalue weighted by atomic mass is 35.5. The Bertz CT molecular complexity index is 288. The first kappa shape index (κ1) is 11.8. The molecule has 13 heavy (non-hydrogen) atoms. The van der Waals surface area contributed by atoms with E-state index in [1.165, 1.54) is 0 Å². The molecule has 0 saturated carbocycles. The normalized spacial score (nSPS) is 9.23. The van der Waals surface area contributed by atoms with Crippen molar-refractivity contribution in [2.24, 2.45) is 10.8 Å². The van der Waals surface area contributed by atoms with Crippen LogP contribution in [0.4, 0.5) is 0 Å². The number of nitrogens with two attached hydrogens (primary N) is 1. The summed E-state index contributed by atoms with van der Waals surface area (Å²) in [6.45, 7) is 0. The van der Waals surface area contributed by atoms with Crippen molar-refractivity contribution >= 4 is 36.0 Å². The van der Waals surface area contributed by atoms with Gasteiger partial charge in [0.15, 0.2) is 5.11 Å². The van der Waals surface area contributed by atoms with Crippen LogP contribution in [0.25, 0.3) is 0 Å². The largest absolute Gasteiger partial charge is 0.375 e. The minimum atomic E-state index is 0. The zero-order valence-electron chi connectivity index (χ0n) is 6.68. The average molecular weight is 217 g/mol. The topological polar surface area (TPSA) is 63.3 Å². The molecule has 0 amide bonds. The molecule has 4 nitrogen and oxygen atoms in total. The first-order valence-corrected chi connectivity index (χ1v) is 3.68. The molecule has 0 spiro atoms. The number of nitrogens with one attached hydrogen (secondary N) is 1. The Balaban J connectivity index is 0.00000144. The minimum Gasteiger partial charge on any atom is -0.375 e. The monoisotopic (exact) mass is 216 g/mol. The summed E-state index contributed by atoms with van der Waals surface area (Å²) in [5.74, 6) is 0. The van der Waals surface area contributed by atoms with Gasteiger partial charge in [-0.25, -0.2) is 0 Å². The van der Waals surface area contributed by atoms with Crippen molar-refractivity contribution in [2.45, 2.75) is 0 Å². The Labute approximate surface area is 87.6 Å². The Morgan fingerprint density at radius 2 is 2.15 bits per heavy atom. The van der Waals surface area contributed by atoms with Crippen LogP contribution in [-0.4, -0.2) is 16.3 Å². The third kappa shape index (κ3) is 5.10. The van der Waals surface area contributed by atoms with Crippen molar-refractivity contribution in [1.29, 1.82) is 0 Å². The maximum absolute atomic E-state index is 5.15. The number of aromatic nitrogens is 1. The van der Waals surface area contributed by atoms with Gasteiger partial charge < -0.3 is 5.73 Å². The zero-order chi connectivity index (χ0) is 8.81. The van der Waals surface area contributed by atoms with E-state index in [0.29, 0.717) is 0 Å². The highest BCUT2D eigenvalue weighted by Crippen LogP contribution is 1.89. The van der Waals surface area contributed by atoms with Crippen LogP contribution >= 0.6 is 24.6 Å². The van der Waals surface area contributed by atoms with Crippen LogP contribution in [0.5, 0.6) is 0 Å². The summed E-state index contributed by atoms with van der Waals surface area (Å²) in [6.07, 6.45) is 4.98. The molecule has 1 rings (SSSR count). The molecule has 1 aromatic heterocycles. The first-order valence-electron chi connectivity index (χ1n) is 3.27. The van der Waals surface area contributed by atoms with Crippen molar-refractivity contribution < 1.29 is 0 Å². The molecule has 0 saturated heterocycles. The summed E-state index contributed by atoms with van der Waals surface area (Å²) in [5.41, 5.74) is 8.54. The van der Waals surface area contributed by atoms with Crippen LogP contribution in [-0.2, 0) is 0 Å². The second-order valence-electron chi connectivity index (χ2n) is 2.01. The molecule has 0 unspecified atom stereocenters. The fraction of sp³-hybridized carbons (Fsp3) is 0. The van der Waals surface area contributed by atoms with E-state index in [9.17, 15) is 0 Å². The number of rotatable bonds is 2. The number of hydrogen-bond donors (Lipinski definition) is 2. The number of pyridine rings is 1. The molecule has 0 bridgehead atoms. The van der Waals surface area contributed by atoms with Gasteiger partial charge in [-0.15, -0.1) is 12.4 Å². The highest BCUT2D eigenvalue weighted by molar-refractivity contribution is 7.80. The van der Waals surface area contributed by atoms with E-state index < -0.39 is 0 Å². The second kappa shape index (κ2) is 6.33. The van der Waals surface area contributed by atoms with E-state index in [0.717, 1.165) is 5.56 Å². The van der Waals surface area contributed by atoms with Crippen molar-refractivity contribution in [3.05, 3.63) is 30.1 Å². The molecule has 1 heterocycles. The van der Waals surface area contributed by atoms with Gasteiger partial charge in [-0.1, -0.05) is 0 Å². The fourth-order valence-electron chi connectivity index (χ4n) is 0.620. The first-order chi connectivity index (χ1) is 5.79. The second-order valence-corrected chi connectivity index (χ2v) is 2.45. The summed E-state index contributed by atoms with van der Waals surface area (Å²) in [4.78, 5) is 3.86. The summed E-state index contributed by atoms with van der Waals surface area (Å²) in [6, 6.07) is 3.65. The predicted octanol–water partition coefficient (Wildman–Crippen LogP) is 0.671. The van der Waals surface area contributed by atoms with Crippen LogP contribution in [0.3, 0.4) is 0 Å². The molecule has 0 aliphatic rings. The van der Waals surface area contributed by atoms with E-state index in [-0.39, 0.29) is 17.5 Å². The molecule has 70 valence electrons. The number of hydrogen-bond acceptors (Lipinski definition) is 3. The summed E-state index contributed by atoms with van der Waals surface area (Å²) >= 11 is 4.55.